The Morgan fingerprint density at radius 3 is 2.92 bits per heavy atom. The number of rotatable bonds is 6. The maximum Gasteiger partial charge on any atom is 0.120 e. The molecule has 0 amide bonds. The van der Waals surface area contributed by atoms with Gasteiger partial charge in [0.2, 0.25) is 0 Å². The monoisotopic (exact) mass is 333 g/mol. The van der Waals surface area contributed by atoms with Crippen LogP contribution in [-0.2, 0) is 4.74 Å². The molecule has 0 spiro atoms. The molecule has 1 aromatic rings. The van der Waals surface area contributed by atoms with E-state index >= 15 is 0 Å². The fourth-order valence-corrected chi connectivity index (χ4v) is 4.36. The van der Waals surface area contributed by atoms with Crippen molar-refractivity contribution in [3.05, 3.63) is 29.8 Å². The minimum absolute atomic E-state index is 0.132. The first kappa shape index (κ1) is 17.7. The Kier molecular flexibility index (Phi) is 5.19. The summed E-state index contributed by atoms with van der Waals surface area (Å²) in [5.74, 6) is 1.39. The summed E-state index contributed by atoms with van der Waals surface area (Å²) >= 11 is 0. The molecule has 2 fully saturated rings. The average Bonchev–Trinajstić information content (AvgIpc) is 2.54. The summed E-state index contributed by atoms with van der Waals surface area (Å²) in [6.45, 7) is 9.99. The van der Waals surface area contributed by atoms with E-state index in [4.69, 9.17) is 9.47 Å². The van der Waals surface area contributed by atoms with Crippen molar-refractivity contribution in [1.29, 1.82) is 0 Å². The van der Waals surface area contributed by atoms with Gasteiger partial charge in [-0.3, -0.25) is 0 Å². The molecule has 4 heteroatoms. The van der Waals surface area contributed by atoms with E-state index in [1.165, 1.54) is 6.42 Å². The van der Waals surface area contributed by atoms with Gasteiger partial charge < -0.3 is 19.9 Å². The molecular weight excluding hydrogens is 302 g/mol. The van der Waals surface area contributed by atoms with Crippen LogP contribution in [-0.4, -0.2) is 36.5 Å². The van der Waals surface area contributed by atoms with E-state index in [9.17, 15) is 5.11 Å². The summed E-state index contributed by atoms with van der Waals surface area (Å²) in [6.07, 6.45) is 2.34. The Labute approximate surface area is 145 Å². The van der Waals surface area contributed by atoms with E-state index in [-0.39, 0.29) is 11.5 Å². The van der Waals surface area contributed by atoms with Crippen LogP contribution < -0.4 is 10.1 Å². The Morgan fingerprint density at radius 1 is 1.38 bits per heavy atom. The Balaban J connectivity index is 1.58. The first-order chi connectivity index (χ1) is 11.4. The van der Waals surface area contributed by atoms with Gasteiger partial charge in [0.15, 0.2) is 0 Å². The standard InChI is InChI=1S/C20H31NO3/c1-13(2)24-15-8-5-7-14(11-15)17(22)12-21-18-16-9-6-10-23-19(16)20(18,3)4/h5,7-8,11,13,16-19,21-22H,6,9-10,12H2,1-4H3. The van der Waals surface area contributed by atoms with Gasteiger partial charge in [-0.2, -0.15) is 0 Å². The lowest BCUT2D eigenvalue weighted by molar-refractivity contribution is -0.193. The Bertz CT molecular complexity index is 558. The predicted molar refractivity (Wildman–Crippen MR) is 95.2 cm³/mol. The molecule has 134 valence electrons. The minimum Gasteiger partial charge on any atom is -0.491 e. The first-order valence-electron chi connectivity index (χ1n) is 9.19. The van der Waals surface area contributed by atoms with Gasteiger partial charge in [0, 0.05) is 30.5 Å². The van der Waals surface area contributed by atoms with Gasteiger partial charge in [0.05, 0.1) is 18.3 Å². The molecule has 4 unspecified atom stereocenters. The molecule has 0 aromatic heterocycles. The lowest BCUT2D eigenvalue weighted by Crippen LogP contribution is -2.69. The second-order valence-electron chi connectivity index (χ2n) is 8.06. The van der Waals surface area contributed by atoms with Crippen LogP contribution >= 0.6 is 0 Å². The highest BCUT2D eigenvalue weighted by atomic mass is 16.5. The Hall–Kier alpha value is -1.10. The van der Waals surface area contributed by atoms with Crippen LogP contribution in [0.25, 0.3) is 0 Å². The minimum atomic E-state index is -0.528. The molecule has 24 heavy (non-hydrogen) atoms. The highest BCUT2D eigenvalue weighted by molar-refractivity contribution is 5.30. The second kappa shape index (κ2) is 7.03. The Morgan fingerprint density at radius 2 is 2.17 bits per heavy atom. The van der Waals surface area contributed by atoms with Crippen molar-refractivity contribution in [2.45, 2.75) is 64.9 Å². The highest BCUT2D eigenvalue weighted by Gasteiger charge is 2.57. The second-order valence-corrected chi connectivity index (χ2v) is 8.06. The van der Waals surface area contributed by atoms with Crippen molar-refractivity contribution in [2.24, 2.45) is 11.3 Å². The molecule has 1 saturated heterocycles. The topological polar surface area (TPSA) is 50.7 Å². The quantitative estimate of drug-likeness (QED) is 0.839. The van der Waals surface area contributed by atoms with Crippen molar-refractivity contribution in [2.75, 3.05) is 13.2 Å². The SMILES string of the molecule is CC(C)Oc1cccc(C(O)CNC2C3CCCOC3C2(C)C)c1. The number of fused-ring (bicyclic) bond motifs is 1. The first-order valence-corrected chi connectivity index (χ1v) is 9.19. The number of nitrogens with one attached hydrogen (secondary N) is 1. The molecule has 2 aliphatic rings. The third-order valence-corrected chi connectivity index (χ3v) is 5.48. The van der Waals surface area contributed by atoms with Gasteiger partial charge in [0.25, 0.3) is 0 Å². The van der Waals surface area contributed by atoms with Gasteiger partial charge >= 0.3 is 0 Å². The number of aliphatic hydroxyl groups is 1. The van der Waals surface area contributed by atoms with Crippen LogP contribution in [0, 0.1) is 11.3 Å². The summed E-state index contributed by atoms with van der Waals surface area (Å²) in [7, 11) is 0. The maximum absolute atomic E-state index is 10.6. The van der Waals surface area contributed by atoms with E-state index in [1.54, 1.807) is 0 Å². The van der Waals surface area contributed by atoms with Gasteiger partial charge in [-0.05, 0) is 44.4 Å². The largest absolute Gasteiger partial charge is 0.491 e. The van der Waals surface area contributed by atoms with Gasteiger partial charge in [-0.1, -0.05) is 26.0 Å². The average molecular weight is 333 g/mol. The molecule has 3 rings (SSSR count). The molecule has 1 heterocycles. The summed E-state index contributed by atoms with van der Waals surface area (Å²) in [4.78, 5) is 0. The number of hydrogen-bond acceptors (Lipinski definition) is 4. The molecular formula is C20H31NO3. The van der Waals surface area contributed by atoms with Crippen molar-refractivity contribution in [1.82, 2.24) is 5.32 Å². The lowest BCUT2D eigenvalue weighted by atomic mass is 9.55. The zero-order valence-corrected chi connectivity index (χ0v) is 15.3. The predicted octanol–water partition coefficient (Wildman–Crippen LogP) is 3.30. The maximum atomic E-state index is 10.6. The molecule has 1 aliphatic carbocycles. The van der Waals surface area contributed by atoms with E-state index < -0.39 is 6.10 Å². The summed E-state index contributed by atoms with van der Waals surface area (Å²) in [6, 6.07) is 8.17. The van der Waals surface area contributed by atoms with Crippen molar-refractivity contribution < 1.29 is 14.6 Å². The van der Waals surface area contributed by atoms with Crippen LogP contribution in [0.1, 0.15) is 52.2 Å². The van der Waals surface area contributed by atoms with Crippen LogP contribution in [0.3, 0.4) is 0 Å². The van der Waals surface area contributed by atoms with Crippen LogP contribution in [0.4, 0.5) is 0 Å². The molecule has 0 bridgehead atoms. The van der Waals surface area contributed by atoms with Crippen LogP contribution in [0.5, 0.6) is 5.75 Å². The molecule has 1 saturated carbocycles. The van der Waals surface area contributed by atoms with Crippen molar-refractivity contribution in [3.8, 4) is 5.75 Å². The highest BCUT2D eigenvalue weighted by Crippen LogP contribution is 2.51. The van der Waals surface area contributed by atoms with E-state index in [0.717, 1.165) is 24.3 Å². The molecule has 4 atom stereocenters. The molecule has 4 nitrogen and oxygen atoms in total. The molecule has 2 N–H and O–H groups in total. The zero-order valence-electron chi connectivity index (χ0n) is 15.3. The van der Waals surface area contributed by atoms with Gasteiger partial charge in [-0.15, -0.1) is 0 Å². The fraction of sp³-hybridized carbons (Fsp3) is 0.700. The number of hydrogen-bond donors (Lipinski definition) is 2. The lowest BCUT2D eigenvalue weighted by Gasteiger charge is -2.60. The molecule has 1 aliphatic heterocycles. The fourth-order valence-electron chi connectivity index (χ4n) is 4.36. The van der Waals surface area contributed by atoms with Crippen molar-refractivity contribution in [3.63, 3.8) is 0 Å². The smallest absolute Gasteiger partial charge is 0.120 e. The number of aliphatic hydroxyl groups excluding tert-OH is 1. The van der Waals surface area contributed by atoms with E-state index in [1.807, 2.05) is 38.1 Å². The third-order valence-electron chi connectivity index (χ3n) is 5.48. The summed E-state index contributed by atoms with van der Waals surface area (Å²) in [5.41, 5.74) is 1.03. The van der Waals surface area contributed by atoms with E-state index in [0.29, 0.717) is 24.6 Å². The number of benzene rings is 1. The zero-order chi connectivity index (χ0) is 17.3. The van der Waals surface area contributed by atoms with Crippen LogP contribution in [0.2, 0.25) is 0 Å². The van der Waals surface area contributed by atoms with Crippen molar-refractivity contribution >= 4 is 0 Å². The molecule has 0 radical (unpaired) electrons. The van der Waals surface area contributed by atoms with Gasteiger partial charge in [-0.25, -0.2) is 0 Å². The van der Waals surface area contributed by atoms with Crippen LogP contribution in [0.15, 0.2) is 24.3 Å². The normalized spacial score (nSPS) is 29.7. The van der Waals surface area contributed by atoms with Gasteiger partial charge in [0.1, 0.15) is 5.75 Å². The number of ether oxygens (including phenoxy) is 2. The van der Waals surface area contributed by atoms with E-state index in [2.05, 4.69) is 19.2 Å². The molecule has 1 aromatic carbocycles. The third kappa shape index (κ3) is 3.46. The summed E-state index contributed by atoms with van der Waals surface area (Å²) in [5, 5.41) is 14.2. The summed E-state index contributed by atoms with van der Waals surface area (Å²) < 4.78 is 11.7.